The van der Waals surface area contributed by atoms with Gasteiger partial charge in [-0.2, -0.15) is 0 Å². The molecular formula is C69H50N2. The van der Waals surface area contributed by atoms with Crippen molar-refractivity contribution in [3.05, 3.63) is 300 Å². The predicted octanol–water partition coefficient (Wildman–Crippen LogP) is 18.6. The van der Waals surface area contributed by atoms with Crippen molar-refractivity contribution >= 4 is 34.1 Å². The summed E-state index contributed by atoms with van der Waals surface area (Å²) in [6.45, 7) is 4.46. The zero-order chi connectivity index (χ0) is 47.5. The van der Waals surface area contributed by atoms with Crippen LogP contribution in [0.4, 0.5) is 34.1 Å². The lowest BCUT2D eigenvalue weighted by molar-refractivity contribution is 0.792. The van der Waals surface area contributed by atoms with Crippen LogP contribution in [-0.4, -0.2) is 0 Å². The van der Waals surface area contributed by atoms with Crippen LogP contribution in [0.25, 0.3) is 55.6 Å². The van der Waals surface area contributed by atoms with Gasteiger partial charge in [0.05, 0.1) is 5.41 Å². The molecule has 0 bridgehead atoms. The van der Waals surface area contributed by atoms with Crippen LogP contribution in [0.2, 0.25) is 0 Å². The van der Waals surface area contributed by atoms with E-state index in [9.17, 15) is 0 Å². The number of hydrogen-bond acceptors (Lipinski definition) is 2. The van der Waals surface area contributed by atoms with Gasteiger partial charge in [-0.1, -0.05) is 205 Å². The number of benzene rings is 11. The Morgan fingerprint density at radius 1 is 0.225 bits per heavy atom. The third-order valence-electron chi connectivity index (χ3n) is 14.7. The van der Waals surface area contributed by atoms with Crippen LogP contribution in [-0.2, 0) is 5.41 Å². The molecule has 0 amide bonds. The molecule has 0 N–H and O–H groups in total. The third kappa shape index (κ3) is 7.10. The van der Waals surface area contributed by atoms with Crippen molar-refractivity contribution in [3.63, 3.8) is 0 Å². The molecule has 0 heterocycles. The van der Waals surface area contributed by atoms with E-state index in [1.54, 1.807) is 0 Å². The fraction of sp³-hybridized carbons (Fsp3) is 0.0435. The van der Waals surface area contributed by atoms with Gasteiger partial charge in [-0.15, -0.1) is 0 Å². The molecule has 0 radical (unpaired) electrons. The van der Waals surface area contributed by atoms with Crippen LogP contribution in [0.15, 0.2) is 267 Å². The van der Waals surface area contributed by atoms with E-state index in [1.807, 2.05) is 0 Å². The first-order chi connectivity index (χ1) is 35.0. The van der Waals surface area contributed by atoms with Gasteiger partial charge in [0.15, 0.2) is 0 Å². The van der Waals surface area contributed by atoms with Crippen LogP contribution < -0.4 is 9.80 Å². The van der Waals surface area contributed by atoms with E-state index in [4.69, 9.17) is 0 Å². The van der Waals surface area contributed by atoms with Gasteiger partial charge in [0.25, 0.3) is 0 Å². The standard InChI is InChI=1S/C69H50N2/c1-47-27-38-62-63-39-28-48(2)42-67(63)69(66(62)41-47)65-26-16-15-25-61(65)64-40-33-53(45-68(64)69)54-43-59(70(55-21-11-5-12-22-55)57-34-29-51(30-35-57)49-17-7-3-8-18-49)46-60(44-54)71(56-23-13-6-14-24-56)58-36-31-52(32-37-58)50-19-9-4-10-20-50/h3-46H,1-2H3. The number of hydrogen-bond donors (Lipinski definition) is 0. The van der Waals surface area contributed by atoms with Gasteiger partial charge in [0.2, 0.25) is 0 Å². The van der Waals surface area contributed by atoms with Crippen molar-refractivity contribution in [1.82, 2.24) is 0 Å². The highest BCUT2D eigenvalue weighted by Crippen LogP contribution is 2.63. The van der Waals surface area contributed by atoms with Crippen molar-refractivity contribution in [3.8, 4) is 55.6 Å². The number of nitrogens with zero attached hydrogens (tertiary/aromatic N) is 2. The molecule has 11 aromatic carbocycles. The fourth-order valence-electron chi connectivity index (χ4n) is 11.5. The first-order valence-corrected chi connectivity index (χ1v) is 24.7. The lowest BCUT2D eigenvalue weighted by Gasteiger charge is -2.32. The molecule has 13 rings (SSSR count). The second kappa shape index (κ2) is 17.2. The second-order valence-corrected chi connectivity index (χ2v) is 19.1. The maximum Gasteiger partial charge on any atom is 0.0725 e. The van der Waals surface area contributed by atoms with Gasteiger partial charge in [-0.05, 0) is 165 Å². The third-order valence-corrected chi connectivity index (χ3v) is 14.7. The van der Waals surface area contributed by atoms with Crippen LogP contribution in [0.5, 0.6) is 0 Å². The molecule has 0 saturated carbocycles. The van der Waals surface area contributed by atoms with Crippen LogP contribution in [0.1, 0.15) is 33.4 Å². The minimum absolute atomic E-state index is 0.474. The van der Waals surface area contributed by atoms with E-state index in [0.717, 1.165) is 45.3 Å². The zero-order valence-corrected chi connectivity index (χ0v) is 39.8. The van der Waals surface area contributed by atoms with E-state index in [-0.39, 0.29) is 0 Å². The monoisotopic (exact) mass is 906 g/mol. The summed E-state index contributed by atoms with van der Waals surface area (Å²) in [7, 11) is 0. The Kier molecular flexibility index (Phi) is 10.2. The summed E-state index contributed by atoms with van der Waals surface area (Å²) in [5.41, 5.74) is 26.1. The van der Waals surface area contributed by atoms with Gasteiger partial charge in [0, 0.05) is 34.1 Å². The predicted molar refractivity (Wildman–Crippen MR) is 298 cm³/mol. The van der Waals surface area contributed by atoms with Gasteiger partial charge in [-0.25, -0.2) is 0 Å². The lowest BCUT2D eigenvalue weighted by atomic mass is 9.70. The number of anilines is 6. The first-order valence-electron chi connectivity index (χ1n) is 24.7. The van der Waals surface area contributed by atoms with Crippen molar-refractivity contribution in [2.75, 3.05) is 9.80 Å². The molecule has 0 aromatic heterocycles. The van der Waals surface area contributed by atoms with Gasteiger partial charge in [-0.3, -0.25) is 0 Å². The summed E-state index contributed by atoms with van der Waals surface area (Å²) in [6, 6.07) is 98.5. The van der Waals surface area contributed by atoms with E-state index < -0.39 is 5.41 Å². The second-order valence-electron chi connectivity index (χ2n) is 19.1. The Bertz CT molecular complexity index is 3550. The molecule has 71 heavy (non-hydrogen) atoms. The quantitative estimate of drug-likeness (QED) is 0.142. The summed E-state index contributed by atoms with van der Waals surface area (Å²) in [6.07, 6.45) is 0. The minimum Gasteiger partial charge on any atom is -0.310 e. The largest absolute Gasteiger partial charge is 0.310 e. The molecule has 1 spiro atoms. The molecule has 2 heteroatoms. The van der Waals surface area contributed by atoms with Crippen molar-refractivity contribution in [2.45, 2.75) is 19.3 Å². The Morgan fingerprint density at radius 3 is 1.06 bits per heavy atom. The van der Waals surface area contributed by atoms with Gasteiger partial charge in [0.1, 0.15) is 0 Å². The van der Waals surface area contributed by atoms with Gasteiger partial charge >= 0.3 is 0 Å². The maximum absolute atomic E-state index is 2.52. The molecule has 0 unspecified atom stereocenters. The van der Waals surface area contributed by atoms with E-state index >= 15 is 0 Å². The summed E-state index contributed by atoms with van der Waals surface area (Å²) in [5.74, 6) is 0. The molecule has 2 aliphatic rings. The van der Waals surface area contributed by atoms with E-state index in [2.05, 4.69) is 291 Å². The zero-order valence-electron chi connectivity index (χ0n) is 39.8. The Morgan fingerprint density at radius 2 is 0.577 bits per heavy atom. The Balaban J connectivity index is 1.06. The van der Waals surface area contributed by atoms with Crippen LogP contribution in [0, 0.1) is 13.8 Å². The van der Waals surface area contributed by atoms with Crippen molar-refractivity contribution in [1.29, 1.82) is 0 Å². The number of aryl methyl sites for hydroxylation is 2. The highest BCUT2D eigenvalue weighted by molar-refractivity contribution is 5.97. The summed E-state index contributed by atoms with van der Waals surface area (Å²) < 4.78 is 0. The van der Waals surface area contributed by atoms with Crippen molar-refractivity contribution < 1.29 is 0 Å². The normalized spacial score (nSPS) is 12.5. The van der Waals surface area contributed by atoms with E-state index in [1.165, 1.54) is 77.9 Å². The molecule has 0 atom stereocenters. The Labute approximate surface area is 417 Å². The van der Waals surface area contributed by atoms with Gasteiger partial charge < -0.3 is 9.80 Å². The van der Waals surface area contributed by atoms with Crippen molar-refractivity contribution in [2.24, 2.45) is 0 Å². The maximum atomic E-state index is 2.52. The smallest absolute Gasteiger partial charge is 0.0725 e. The number of rotatable bonds is 9. The summed E-state index contributed by atoms with van der Waals surface area (Å²) >= 11 is 0. The topological polar surface area (TPSA) is 6.48 Å². The molecule has 336 valence electrons. The van der Waals surface area contributed by atoms with E-state index in [0.29, 0.717) is 0 Å². The molecule has 0 saturated heterocycles. The minimum atomic E-state index is -0.474. The molecule has 2 aliphatic carbocycles. The Hall–Kier alpha value is -8.98. The first kappa shape index (κ1) is 42.1. The highest BCUT2D eigenvalue weighted by atomic mass is 15.2. The highest BCUT2D eigenvalue weighted by Gasteiger charge is 2.51. The summed E-state index contributed by atoms with van der Waals surface area (Å²) in [4.78, 5) is 4.81. The molecular weight excluding hydrogens is 857 g/mol. The number of fused-ring (bicyclic) bond motifs is 10. The average molecular weight is 907 g/mol. The molecule has 0 fully saturated rings. The number of para-hydroxylation sites is 2. The fourth-order valence-corrected chi connectivity index (χ4v) is 11.5. The van der Waals surface area contributed by atoms with Crippen LogP contribution >= 0.6 is 0 Å². The SMILES string of the molecule is Cc1ccc2c(c1)C1(c3ccccc3-c3ccc(-c4cc(N(c5ccccc5)c5ccc(-c6ccccc6)cc5)cc(N(c5ccccc5)c5ccc(-c6ccccc6)cc5)c4)cc31)c1cc(C)ccc1-2. The molecule has 2 nitrogen and oxygen atoms in total. The average Bonchev–Trinajstić information content (AvgIpc) is 3.88. The summed E-state index contributed by atoms with van der Waals surface area (Å²) in [5, 5.41) is 0. The lowest BCUT2D eigenvalue weighted by Crippen LogP contribution is -2.26. The molecule has 11 aromatic rings. The van der Waals surface area contributed by atoms with Crippen LogP contribution in [0.3, 0.4) is 0 Å². The molecule has 0 aliphatic heterocycles.